The predicted octanol–water partition coefficient (Wildman–Crippen LogP) is 0.458. The van der Waals surface area contributed by atoms with Gasteiger partial charge in [-0.1, -0.05) is 0 Å². The third kappa shape index (κ3) is 4.46. The van der Waals surface area contributed by atoms with Crippen LogP contribution in [0.2, 0.25) is 0 Å². The van der Waals surface area contributed by atoms with Gasteiger partial charge in [-0.25, -0.2) is 0 Å². The molecule has 0 aromatic carbocycles. The summed E-state index contributed by atoms with van der Waals surface area (Å²) in [6, 6.07) is 3.04. The summed E-state index contributed by atoms with van der Waals surface area (Å²) in [4.78, 5) is 35.5. The Kier molecular flexibility index (Phi) is 5.59. The molecular formula is C12H15NO6. The summed E-state index contributed by atoms with van der Waals surface area (Å²) < 4.78 is 14.0. The van der Waals surface area contributed by atoms with Gasteiger partial charge in [-0.05, 0) is 12.1 Å². The molecule has 0 fully saturated rings. The Labute approximate surface area is 110 Å². The highest BCUT2D eigenvalue weighted by Gasteiger charge is 2.22. The number of hydrogen-bond donors (Lipinski definition) is 0. The van der Waals surface area contributed by atoms with Crippen LogP contribution in [-0.4, -0.2) is 50.1 Å². The van der Waals surface area contributed by atoms with E-state index in [4.69, 9.17) is 4.42 Å². The number of carbonyl (C=O) groups excluding carboxylic acids is 3. The van der Waals surface area contributed by atoms with Gasteiger partial charge in [0.2, 0.25) is 0 Å². The van der Waals surface area contributed by atoms with E-state index < -0.39 is 17.8 Å². The van der Waals surface area contributed by atoms with Crippen molar-refractivity contribution in [3.63, 3.8) is 0 Å². The van der Waals surface area contributed by atoms with Crippen LogP contribution >= 0.6 is 0 Å². The van der Waals surface area contributed by atoms with Crippen molar-refractivity contribution in [2.75, 3.05) is 27.3 Å². The van der Waals surface area contributed by atoms with Crippen LogP contribution < -0.4 is 0 Å². The van der Waals surface area contributed by atoms with Gasteiger partial charge in [-0.2, -0.15) is 0 Å². The molecule has 0 N–H and O–H groups in total. The van der Waals surface area contributed by atoms with E-state index in [1.165, 1.54) is 31.4 Å². The summed E-state index contributed by atoms with van der Waals surface area (Å²) in [5.41, 5.74) is 0. The smallest absolute Gasteiger partial charge is 0.325 e. The summed E-state index contributed by atoms with van der Waals surface area (Å²) in [7, 11) is 2.47. The number of esters is 2. The van der Waals surface area contributed by atoms with Crippen LogP contribution in [0.1, 0.15) is 17.0 Å². The summed E-state index contributed by atoms with van der Waals surface area (Å²) in [5.74, 6) is -1.44. The highest BCUT2D eigenvalue weighted by molar-refractivity contribution is 5.93. The average molecular weight is 269 g/mol. The van der Waals surface area contributed by atoms with Crippen molar-refractivity contribution in [2.45, 2.75) is 6.42 Å². The quantitative estimate of drug-likeness (QED) is 0.697. The fourth-order valence-corrected chi connectivity index (χ4v) is 1.36. The molecule has 0 unspecified atom stereocenters. The van der Waals surface area contributed by atoms with Gasteiger partial charge in [0.25, 0.3) is 5.91 Å². The zero-order valence-corrected chi connectivity index (χ0v) is 10.8. The van der Waals surface area contributed by atoms with E-state index in [2.05, 4.69) is 9.47 Å². The van der Waals surface area contributed by atoms with E-state index in [-0.39, 0.29) is 25.3 Å². The molecule has 0 aliphatic rings. The molecule has 1 rings (SSSR count). The van der Waals surface area contributed by atoms with E-state index in [9.17, 15) is 14.4 Å². The molecule has 19 heavy (non-hydrogen) atoms. The molecule has 0 radical (unpaired) electrons. The minimum atomic E-state index is -0.579. The number of carbonyl (C=O) groups is 3. The summed E-state index contributed by atoms with van der Waals surface area (Å²) >= 11 is 0. The third-order valence-corrected chi connectivity index (χ3v) is 2.38. The van der Waals surface area contributed by atoms with Crippen molar-refractivity contribution in [2.24, 2.45) is 0 Å². The topological polar surface area (TPSA) is 86.0 Å². The normalized spacial score (nSPS) is 9.79. The van der Waals surface area contributed by atoms with Crippen molar-refractivity contribution in [3.05, 3.63) is 24.2 Å². The van der Waals surface area contributed by atoms with E-state index in [1.54, 1.807) is 6.07 Å². The molecule has 1 aromatic heterocycles. The zero-order valence-electron chi connectivity index (χ0n) is 10.8. The maximum atomic E-state index is 12.0. The molecule has 7 nitrogen and oxygen atoms in total. The summed E-state index contributed by atoms with van der Waals surface area (Å²) in [6.45, 7) is -0.214. The van der Waals surface area contributed by atoms with Crippen LogP contribution in [-0.2, 0) is 19.1 Å². The fraction of sp³-hybridized carbons (Fsp3) is 0.417. The van der Waals surface area contributed by atoms with Crippen molar-refractivity contribution < 1.29 is 28.3 Å². The minimum Gasteiger partial charge on any atom is -0.469 e. The van der Waals surface area contributed by atoms with Gasteiger partial charge in [-0.3, -0.25) is 14.4 Å². The molecule has 0 aliphatic heterocycles. The number of hydrogen-bond acceptors (Lipinski definition) is 6. The molecule has 0 saturated heterocycles. The van der Waals surface area contributed by atoms with E-state index in [0.29, 0.717) is 0 Å². The first-order chi connectivity index (χ1) is 9.08. The third-order valence-electron chi connectivity index (χ3n) is 2.38. The number of nitrogens with zero attached hydrogens (tertiary/aromatic N) is 1. The number of ether oxygens (including phenoxy) is 2. The SMILES string of the molecule is COC(=O)CCN(CC(=O)OC)C(=O)c1ccco1. The Morgan fingerprint density at radius 2 is 1.89 bits per heavy atom. The fourth-order valence-electron chi connectivity index (χ4n) is 1.36. The Bertz CT molecular complexity index is 439. The van der Waals surface area contributed by atoms with Gasteiger partial charge >= 0.3 is 11.9 Å². The van der Waals surface area contributed by atoms with Crippen molar-refractivity contribution in [1.29, 1.82) is 0 Å². The van der Waals surface area contributed by atoms with E-state index in [0.717, 1.165) is 0 Å². The van der Waals surface area contributed by atoms with Crippen LogP contribution in [0.5, 0.6) is 0 Å². The van der Waals surface area contributed by atoms with Gasteiger partial charge in [0.15, 0.2) is 5.76 Å². The van der Waals surface area contributed by atoms with E-state index in [1.807, 2.05) is 0 Å². The maximum absolute atomic E-state index is 12.0. The van der Waals surface area contributed by atoms with Gasteiger partial charge in [0.1, 0.15) is 6.54 Å². The second-order valence-corrected chi connectivity index (χ2v) is 3.61. The molecule has 0 saturated carbocycles. The highest BCUT2D eigenvalue weighted by Crippen LogP contribution is 2.07. The minimum absolute atomic E-state index is 0.0139. The van der Waals surface area contributed by atoms with Gasteiger partial charge in [0.05, 0.1) is 26.9 Å². The van der Waals surface area contributed by atoms with Crippen molar-refractivity contribution in [3.8, 4) is 0 Å². The summed E-state index contributed by atoms with van der Waals surface area (Å²) in [6.07, 6.45) is 1.34. The molecular weight excluding hydrogens is 254 g/mol. The first kappa shape index (κ1) is 14.7. The van der Waals surface area contributed by atoms with Gasteiger partial charge in [0, 0.05) is 6.54 Å². The molecule has 1 amide bonds. The molecule has 0 bridgehead atoms. The Morgan fingerprint density at radius 1 is 1.21 bits per heavy atom. The molecule has 1 aromatic rings. The van der Waals surface area contributed by atoms with Crippen LogP contribution in [0.15, 0.2) is 22.8 Å². The number of furan rings is 1. The van der Waals surface area contributed by atoms with Crippen LogP contribution in [0.3, 0.4) is 0 Å². The van der Waals surface area contributed by atoms with Crippen LogP contribution in [0.4, 0.5) is 0 Å². The zero-order chi connectivity index (χ0) is 14.3. The van der Waals surface area contributed by atoms with Gasteiger partial charge in [-0.15, -0.1) is 0 Å². The van der Waals surface area contributed by atoms with Crippen molar-refractivity contribution in [1.82, 2.24) is 4.90 Å². The lowest BCUT2D eigenvalue weighted by atomic mass is 10.3. The Balaban J connectivity index is 2.71. The molecule has 104 valence electrons. The van der Waals surface area contributed by atoms with Crippen LogP contribution in [0, 0.1) is 0 Å². The maximum Gasteiger partial charge on any atom is 0.325 e. The highest BCUT2D eigenvalue weighted by atomic mass is 16.5. The first-order valence-electron chi connectivity index (χ1n) is 5.55. The molecule has 0 atom stereocenters. The monoisotopic (exact) mass is 269 g/mol. The molecule has 1 heterocycles. The summed E-state index contributed by atoms with van der Waals surface area (Å²) in [5, 5.41) is 0. The molecule has 0 aliphatic carbocycles. The standard InChI is InChI=1S/C12H15NO6/c1-17-10(14)5-6-13(8-11(15)18-2)12(16)9-4-3-7-19-9/h3-4,7H,5-6,8H2,1-2H3. The first-order valence-corrected chi connectivity index (χ1v) is 5.55. The predicted molar refractivity (Wildman–Crippen MR) is 63.3 cm³/mol. The number of amides is 1. The van der Waals surface area contributed by atoms with Crippen LogP contribution in [0.25, 0.3) is 0 Å². The molecule has 0 spiro atoms. The Hall–Kier alpha value is -2.31. The Morgan fingerprint density at radius 3 is 2.42 bits per heavy atom. The van der Waals surface area contributed by atoms with Crippen molar-refractivity contribution >= 4 is 17.8 Å². The lowest BCUT2D eigenvalue weighted by Gasteiger charge is -2.19. The van der Waals surface area contributed by atoms with E-state index >= 15 is 0 Å². The lowest BCUT2D eigenvalue weighted by molar-refractivity contribution is -0.143. The van der Waals surface area contributed by atoms with Gasteiger partial charge < -0.3 is 18.8 Å². The second-order valence-electron chi connectivity index (χ2n) is 3.61. The largest absolute Gasteiger partial charge is 0.469 e. The lowest BCUT2D eigenvalue weighted by Crippen LogP contribution is -2.37. The molecule has 7 heteroatoms. The number of methoxy groups -OCH3 is 2. The average Bonchev–Trinajstić information content (AvgIpc) is 2.95. The second kappa shape index (κ2) is 7.20. The number of rotatable bonds is 6.